The normalized spacial score (nSPS) is 28.8. The summed E-state index contributed by atoms with van der Waals surface area (Å²) in [5.74, 6) is 0. The summed E-state index contributed by atoms with van der Waals surface area (Å²) < 4.78 is 20.1. The van der Waals surface area contributed by atoms with Crippen molar-refractivity contribution in [3.8, 4) is 0 Å². The third-order valence-corrected chi connectivity index (χ3v) is 4.66. The fraction of sp³-hybridized carbons (Fsp3) is 0.786. The Hall–Kier alpha value is -0.845. The van der Waals surface area contributed by atoms with Crippen molar-refractivity contribution in [3.05, 3.63) is 12.5 Å². The van der Waals surface area contributed by atoms with Crippen molar-refractivity contribution in [1.29, 1.82) is 0 Å². The largest absolute Gasteiger partial charge is 0.514 e. The van der Waals surface area contributed by atoms with E-state index in [1.54, 1.807) is 0 Å². The Bertz CT molecular complexity index is 465. The van der Waals surface area contributed by atoms with Crippen molar-refractivity contribution < 1.29 is 14.0 Å². The van der Waals surface area contributed by atoms with Crippen LogP contribution < -0.4 is 5.59 Å². The molecule has 2 aliphatic heterocycles. The van der Waals surface area contributed by atoms with Crippen molar-refractivity contribution in [3.63, 3.8) is 0 Å². The van der Waals surface area contributed by atoms with Crippen molar-refractivity contribution >= 4 is 12.7 Å². The lowest BCUT2D eigenvalue weighted by molar-refractivity contribution is -0.0306. The standard InChI is InChI=1S/C14H23BN2O3/c1-13(2)14(3,4)20-15(19-13)11-9-16-10-17(11)12-7-5-6-8-18-12/h9-10,12H,5-8H2,1-4H3/t12-/m1/s1. The molecule has 0 saturated carbocycles. The Labute approximate surface area is 120 Å². The molecule has 0 radical (unpaired) electrons. The van der Waals surface area contributed by atoms with E-state index in [1.165, 1.54) is 6.42 Å². The molecule has 0 amide bonds. The summed E-state index contributed by atoms with van der Waals surface area (Å²) in [5.41, 5.74) is 0.274. The van der Waals surface area contributed by atoms with Gasteiger partial charge in [0, 0.05) is 12.8 Å². The molecule has 110 valence electrons. The molecule has 2 saturated heterocycles. The first kappa shape index (κ1) is 14.1. The second-order valence-corrected chi connectivity index (χ2v) is 6.64. The summed E-state index contributed by atoms with van der Waals surface area (Å²) >= 11 is 0. The number of nitrogens with zero attached hydrogens (tertiary/aromatic N) is 2. The molecule has 0 aromatic carbocycles. The van der Waals surface area contributed by atoms with Crippen LogP contribution in [0.5, 0.6) is 0 Å². The molecule has 2 aliphatic rings. The van der Waals surface area contributed by atoms with Crippen LogP contribution in [0.1, 0.15) is 53.2 Å². The molecule has 0 unspecified atom stereocenters. The fourth-order valence-corrected chi connectivity index (χ4v) is 2.64. The van der Waals surface area contributed by atoms with E-state index in [2.05, 4.69) is 37.2 Å². The second kappa shape index (κ2) is 4.86. The quantitative estimate of drug-likeness (QED) is 0.775. The number of hydrogen-bond donors (Lipinski definition) is 0. The molecule has 0 bridgehead atoms. The van der Waals surface area contributed by atoms with E-state index in [0.717, 1.165) is 25.0 Å². The molecule has 3 heterocycles. The third kappa shape index (κ3) is 2.30. The van der Waals surface area contributed by atoms with Gasteiger partial charge in [0.15, 0.2) is 0 Å². The van der Waals surface area contributed by atoms with Gasteiger partial charge in [-0.3, -0.25) is 0 Å². The van der Waals surface area contributed by atoms with Crippen LogP contribution in [0.4, 0.5) is 0 Å². The number of hydrogen-bond acceptors (Lipinski definition) is 4. The highest BCUT2D eigenvalue weighted by Gasteiger charge is 2.53. The average molecular weight is 278 g/mol. The maximum absolute atomic E-state index is 6.10. The van der Waals surface area contributed by atoms with Gasteiger partial charge >= 0.3 is 7.12 Å². The van der Waals surface area contributed by atoms with E-state index in [9.17, 15) is 0 Å². The molecular weight excluding hydrogens is 255 g/mol. The van der Waals surface area contributed by atoms with Gasteiger partial charge in [-0.1, -0.05) is 0 Å². The molecule has 6 heteroatoms. The summed E-state index contributed by atoms with van der Waals surface area (Å²) in [6.07, 6.45) is 7.03. The molecule has 2 fully saturated rings. The number of ether oxygens (including phenoxy) is 1. The van der Waals surface area contributed by atoms with Crippen LogP contribution in [-0.4, -0.2) is 34.5 Å². The molecular formula is C14H23BN2O3. The number of imidazole rings is 1. The predicted octanol–water partition coefficient (Wildman–Crippen LogP) is 1.88. The van der Waals surface area contributed by atoms with E-state index < -0.39 is 0 Å². The first-order valence-corrected chi connectivity index (χ1v) is 7.40. The Morgan fingerprint density at radius 3 is 2.50 bits per heavy atom. The SMILES string of the molecule is CC1(C)OB(c2cncn2[C@H]2CCCCO2)OC1(C)C. The lowest BCUT2D eigenvalue weighted by Gasteiger charge is -2.32. The van der Waals surface area contributed by atoms with E-state index in [-0.39, 0.29) is 24.5 Å². The number of aromatic nitrogens is 2. The highest BCUT2D eigenvalue weighted by molar-refractivity contribution is 6.61. The van der Waals surface area contributed by atoms with Gasteiger partial charge in [0.25, 0.3) is 0 Å². The summed E-state index contributed by atoms with van der Waals surface area (Å²) in [6, 6.07) is 0. The van der Waals surface area contributed by atoms with Gasteiger partial charge in [0.2, 0.25) is 0 Å². The monoisotopic (exact) mass is 278 g/mol. The average Bonchev–Trinajstić information content (AvgIpc) is 2.94. The van der Waals surface area contributed by atoms with Crippen LogP contribution in [0.15, 0.2) is 12.5 Å². The van der Waals surface area contributed by atoms with Gasteiger partial charge in [0.1, 0.15) is 6.23 Å². The van der Waals surface area contributed by atoms with Gasteiger partial charge in [-0.2, -0.15) is 0 Å². The van der Waals surface area contributed by atoms with Crippen LogP contribution in [0.2, 0.25) is 0 Å². The molecule has 1 aromatic heterocycles. The predicted molar refractivity (Wildman–Crippen MR) is 76.8 cm³/mol. The fourth-order valence-electron chi connectivity index (χ4n) is 2.64. The molecule has 20 heavy (non-hydrogen) atoms. The Morgan fingerprint density at radius 1 is 1.20 bits per heavy atom. The van der Waals surface area contributed by atoms with Crippen LogP contribution in [0.3, 0.4) is 0 Å². The summed E-state index contributed by atoms with van der Waals surface area (Å²) in [7, 11) is -0.381. The van der Waals surface area contributed by atoms with Crippen LogP contribution >= 0.6 is 0 Å². The molecule has 5 nitrogen and oxygen atoms in total. The topological polar surface area (TPSA) is 45.5 Å². The zero-order valence-electron chi connectivity index (χ0n) is 12.8. The summed E-state index contributed by atoms with van der Waals surface area (Å²) in [5, 5.41) is 0. The minimum Gasteiger partial charge on any atom is -0.398 e. The summed E-state index contributed by atoms with van der Waals surface area (Å²) in [4.78, 5) is 4.26. The smallest absolute Gasteiger partial charge is 0.398 e. The van der Waals surface area contributed by atoms with E-state index in [4.69, 9.17) is 14.0 Å². The molecule has 3 rings (SSSR count). The summed E-state index contributed by atoms with van der Waals surface area (Å²) in [6.45, 7) is 9.05. The lowest BCUT2D eigenvalue weighted by atomic mass is 9.85. The molecule has 0 spiro atoms. The van der Waals surface area contributed by atoms with Gasteiger partial charge in [-0.15, -0.1) is 0 Å². The Kier molecular flexibility index (Phi) is 3.43. The maximum atomic E-state index is 6.10. The second-order valence-electron chi connectivity index (χ2n) is 6.64. The highest BCUT2D eigenvalue weighted by Crippen LogP contribution is 2.36. The molecule has 0 aliphatic carbocycles. The van der Waals surface area contributed by atoms with Gasteiger partial charge in [-0.25, -0.2) is 4.98 Å². The van der Waals surface area contributed by atoms with Gasteiger partial charge in [-0.05, 0) is 47.0 Å². The first-order valence-electron chi connectivity index (χ1n) is 7.40. The van der Waals surface area contributed by atoms with Crippen LogP contribution in [-0.2, 0) is 14.0 Å². The van der Waals surface area contributed by atoms with E-state index in [1.807, 2.05) is 12.5 Å². The van der Waals surface area contributed by atoms with Crippen molar-refractivity contribution in [1.82, 2.24) is 9.55 Å². The minimum absolute atomic E-state index is 0.0558. The molecule has 1 aromatic rings. The van der Waals surface area contributed by atoms with Gasteiger partial charge < -0.3 is 18.6 Å². The Balaban J connectivity index is 1.84. The highest BCUT2D eigenvalue weighted by atomic mass is 16.7. The Morgan fingerprint density at radius 2 is 1.90 bits per heavy atom. The minimum atomic E-state index is -0.381. The maximum Gasteiger partial charge on any atom is 0.514 e. The van der Waals surface area contributed by atoms with Crippen molar-refractivity contribution in [2.45, 2.75) is 64.4 Å². The van der Waals surface area contributed by atoms with Crippen molar-refractivity contribution in [2.75, 3.05) is 6.61 Å². The van der Waals surface area contributed by atoms with E-state index in [0.29, 0.717) is 0 Å². The van der Waals surface area contributed by atoms with Crippen molar-refractivity contribution in [2.24, 2.45) is 0 Å². The first-order chi connectivity index (χ1) is 9.41. The van der Waals surface area contributed by atoms with Crippen LogP contribution in [0, 0.1) is 0 Å². The lowest BCUT2D eigenvalue weighted by Crippen LogP contribution is -2.41. The zero-order valence-corrected chi connectivity index (χ0v) is 12.8. The molecule has 0 N–H and O–H groups in total. The van der Waals surface area contributed by atoms with Gasteiger partial charge in [0.05, 0.1) is 23.1 Å². The molecule has 1 atom stereocenters. The zero-order chi connectivity index (χ0) is 14.4. The van der Waals surface area contributed by atoms with Crippen LogP contribution in [0.25, 0.3) is 0 Å². The van der Waals surface area contributed by atoms with E-state index >= 15 is 0 Å². The number of rotatable bonds is 2. The third-order valence-electron chi connectivity index (χ3n) is 4.66.